The Hall–Kier alpha value is -1.47. The van der Waals surface area contributed by atoms with Crippen molar-refractivity contribution >= 4 is 5.97 Å². The second-order valence-corrected chi connectivity index (χ2v) is 5.15. The fourth-order valence-electron chi connectivity index (χ4n) is 2.32. The summed E-state index contributed by atoms with van der Waals surface area (Å²) in [6.07, 6.45) is 1.21. The average molecular weight is 267 g/mol. The molecular weight excluding hydrogens is 250 g/mol. The third-order valence-electron chi connectivity index (χ3n) is 3.73. The van der Waals surface area contributed by atoms with Gasteiger partial charge in [-0.05, 0) is 19.9 Å². The highest BCUT2D eigenvalue weighted by Crippen LogP contribution is 2.48. The zero-order chi connectivity index (χ0) is 13.5. The molecule has 1 aromatic heterocycles. The van der Waals surface area contributed by atoms with Gasteiger partial charge in [0, 0.05) is 13.1 Å². The molecule has 3 rings (SSSR count). The molecule has 0 spiro atoms. The molecule has 1 aliphatic heterocycles. The van der Waals surface area contributed by atoms with Crippen molar-refractivity contribution in [1.82, 2.24) is 15.0 Å². The first-order valence-electron chi connectivity index (χ1n) is 6.38. The van der Waals surface area contributed by atoms with Crippen molar-refractivity contribution in [3.63, 3.8) is 0 Å². The summed E-state index contributed by atoms with van der Waals surface area (Å²) in [6.45, 7) is 2.27. The molecular formula is C12H17N3O4. The lowest BCUT2D eigenvalue weighted by atomic mass is 10.1. The van der Waals surface area contributed by atoms with Crippen LogP contribution in [0.25, 0.3) is 0 Å². The van der Waals surface area contributed by atoms with Gasteiger partial charge in [0.1, 0.15) is 11.5 Å². The van der Waals surface area contributed by atoms with Crippen LogP contribution in [0.15, 0.2) is 4.52 Å². The van der Waals surface area contributed by atoms with Crippen molar-refractivity contribution in [2.24, 2.45) is 0 Å². The summed E-state index contributed by atoms with van der Waals surface area (Å²) in [5.41, 5.74) is -0.708. The van der Waals surface area contributed by atoms with Gasteiger partial charge < -0.3 is 18.9 Å². The van der Waals surface area contributed by atoms with E-state index < -0.39 is 5.41 Å². The first-order chi connectivity index (χ1) is 9.15. The van der Waals surface area contributed by atoms with Crippen LogP contribution in [0.4, 0.5) is 0 Å². The van der Waals surface area contributed by atoms with Crippen molar-refractivity contribution < 1.29 is 18.8 Å². The second-order valence-electron chi connectivity index (χ2n) is 5.15. The number of rotatable bonds is 3. The van der Waals surface area contributed by atoms with Crippen LogP contribution < -0.4 is 0 Å². The number of hydrogen-bond donors (Lipinski definition) is 0. The number of aromatic nitrogens is 2. The van der Waals surface area contributed by atoms with Crippen LogP contribution in [0.1, 0.15) is 30.7 Å². The largest absolute Gasteiger partial charge is 0.468 e. The van der Waals surface area contributed by atoms with Gasteiger partial charge in [-0.3, -0.25) is 4.79 Å². The predicted molar refractivity (Wildman–Crippen MR) is 63.4 cm³/mol. The molecule has 2 aliphatic rings. The van der Waals surface area contributed by atoms with Crippen molar-refractivity contribution in [3.05, 3.63) is 11.7 Å². The fraction of sp³-hybridized carbons (Fsp3) is 0.750. The van der Waals surface area contributed by atoms with Crippen LogP contribution in [0.5, 0.6) is 0 Å². The van der Waals surface area contributed by atoms with Gasteiger partial charge in [0.25, 0.3) is 0 Å². The monoisotopic (exact) mass is 267 g/mol. The maximum absolute atomic E-state index is 11.7. The highest BCUT2D eigenvalue weighted by Gasteiger charge is 2.57. The van der Waals surface area contributed by atoms with Gasteiger partial charge in [0.2, 0.25) is 11.7 Å². The van der Waals surface area contributed by atoms with Gasteiger partial charge in [-0.25, -0.2) is 0 Å². The standard InChI is InChI=1S/C12H17N3O4/c1-15-5-6-18-8(7-15)9-13-10(19-14-9)12(3-4-12)11(16)17-2/h8H,3-7H2,1-2H3. The molecule has 7 nitrogen and oxygen atoms in total. The van der Waals surface area contributed by atoms with Crippen LogP contribution in [-0.4, -0.2) is 54.9 Å². The number of hydrogen-bond acceptors (Lipinski definition) is 7. The SMILES string of the molecule is COC(=O)C1(c2nc(C3CN(C)CCO3)no2)CC1. The van der Waals surface area contributed by atoms with E-state index in [1.807, 2.05) is 7.05 Å². The summed E-state index contributed by atoms with van der Waals surface area (Å²) in [5, 5.41) is 3.95. The highest BCUT2D eigenvalue weighted by molar-refractivity contribution is 5.85. The lowest BCUT2D eigenvalue weighted by Gasteiger charge is -2.27. The minimum atomic E-state index is -0.708. The topological polar surface area (TPSA) is 77.7 Å². The Kier molecular flexibility index (Phi) is 3.02. The van der Waals surface area contributed by atoms with Gasteiger partial charge in [0.05, 0.1) is 13.7 Å². The Labute approximate surface area is 110 Å². The van der Waals surface area contributed by atoms with E-state index in [2.05, 4.69) is 15.0 Å². The first kappa shape index (κ1) is 12.6. The van der Waals surface area contributed by atoms with E-state index >= 15 is 0 Å². The normalized spacial score (nSPS) is 26.1. The van der Waals surface area contributed by atoms with Crippen LogP contribution in [-0.2, 0) is 19.7 Å². The zero-order valence-corrected chi connectivity index (χ0v) is 11.1. The smallest absolute Gasteiger partial charge is 0.321 e. The number of carbonyl (C=O) groups is 1. The lowest BCUT2D eigenvalue weighted by molar-refractivity contribution is -0.144. The molecule has 2 heterocycles. The second kappa shape index (κ2) is 4.57. The van der Waals surface area contributed by atoms with Crippen LogP contribution in [0.3, 0.4) is 0 Å². The molecule has 0 aromatic carbocycles. The maximum atomic E-state index is 11.7. The van der Waals surface area contributed by atoms with Crippen molar-refractivity contribution in [3.8, 4) is 0 Å². The van der Waals surface area contributed by atoms with Crippen molar-refractivity contribution in [1.29, 1.82) is 0 Å². The number of ether oxygens (including phenoxy) is 2. The van der Waals surface area contributed by atoms with Crippen LogP contribution in [0.2, 0.25) is 0 Å². The molecule has 1 aromatic rings. The molecule has 2 fully saturated rings. The number of methoxy groups -OCH3 is 1. The molecule has 0 N–H and O–H groups in total. The molecule has 1 aliphatic carbocycles. The Morgan fingerprint density at radius 1 is 1.53 bits per heavy atom. The van der Waals surface area contributed by atoms with Gasteiger partial charge >= 0.3 is 5.97 Å². The summed E-state index contributed by atoms with van der Waals surface area (Å²) in [6, 6.07) is 0. The summed E-state index contributed by atoms with van der Waals surface area (Å²) >= 11 is 0. The van der Waals surface area contributed by atoms with Gasteiger partial charge in [-0.1, -0.05) is 5.16 Å². The van der Waals surface area contributed by atoms with E-state index in [1.54, 1.807) is 0 Å². The predicted octanol–water partition coefficient (Wildman–Crippen LogP) is 0.277. The molecule has 0 amide bonds. The third kappa shape index (κ3) is 2.12. The molecule has 1 saturated carbocycles. The third-order valence-corrected chi connectivity index (χ3v) is 3.73. The number of nitrogens with zero attached hydrogens (tertiary/aromatic N) is 3. The molecule has 1 unspecified atom stereocenters. The van der Waals surface area contributed by atoms with Crippen molar-refractivity contribution in [2.45, 2.75) is 24.4 Å². The Morgan fingerprint density at radius 3 is 2.95 bits per heavy atom. The van der Waals surface area contributed by atoms with E-state index in [1.165, 1.54) is 7.11 Å². The minimum Gasteiger partial charge on any atom is -0.468 e. The zero-order valence-electron chi connectivity index (χ0n) is 11.1. The van der Waals surface area contributed by atoms with E-state index in [0.29, 0.717) is 31.2 Å². The van der Waals surface area contributed by atoms with E-state index in [4.69, 9.17) is 14.0 Å². The molecule has 1 atom stereocenters. The lowest BCUT2D eigenvalue weighted by Crippen LogP contribution is -2.35. The van der Waals surface area contributed by atoms with Gasteiger partial charge in [-0.15, -0.1) is 0 Å². The molecule has 7 heteroatoms. The molecule has 19 heavy (non-hydrogen) atoms. The fourth-order valence-corrected chi connectivity index (χ4v) is 2.32. The molecule has 104 valence electrons. The quantitative estimate of drug-likeness (QED) is 0.728. The summed E-state index contributed by atoms with van der Waals surface area (Å²) < 4.78 is 15.7. The average Bonchev–Trinajstić information content (AvgIpc) is 3.08. The van der Waals surface area contributed by atoms with Crippen LogP contribution >= 0.6 is 0 Å². The van der Waals surface area contributed by atoms with Crippen LogP contribution in [0, 0.1) is 0 Å². The first-order valence-corrected chi connectivity index (χ1v) is 6.38. The maximum Gasteiger partial charge on any atom is 0.321 e. The number of likely N-dealkylation sites (N-methyl/N-ethyl adjacent to an activating group) is 1. The van der Waals surface area contributed by atoms with E-state index in [0.717, 1.165) is 13.1 Å². The number of carbonyl (C=O) groups excluding carboxylic acids is 1. The summed E-state index contributed by atoms with van der Waals surface area (Å²) in [4.78, 5) is 18.2. The Balaban J connectivity index is 1.78. The number of morpholine rings is 1. The van der Waals surface area contributed by atoms with E-state index in [9.17, 15) is 4.79 Å². The molecule has 0 bridgehead atoms. The van der Waals surface area contributed by atoms with Crippen molar-refractivity contribution in [2.75, 3.05) is 33.9 Å². The highest BCUT2D eigenvalue weighted by atomic mass is 16.5. The Morgan fingerprint density at radius 2 is 2.32 bits per heavy atom. The van der Waals surface area contributed by atoms with E-state index in [-0.39, 0.29) is 12.1 Å². The Bertz CT molecular complexity index is 483. The summed E-state index contributed by atoms with van der Waals surface area (Å²) in [5.74, 6) is 0.562. The van der Waals surface area contributed by atoms with Gasteiger partial charge in [-0.2, -0.15) is 4.98 Å². The number of esters is 1. The minimum absolute atomic E-state index is 0.190. The molecule has 1 saturated heterocycles. The summed E-state index contributed by atoms with van der Waals surface area (Å²) in [7, 11) is 3.40. The van der Waals surface area contributed by atoms with Gasteiger partial charge in [0.15, 0.2) is 0 Å². The molecule has 0 radical (unpaired) electrons.